The Kier molecular flexibility index (Phi) is 6.05. The summed E-state index contributed by atoms with van der Waals surface area (Å²) < 4.78 is 41.0. The van der Waals surface area contributed by atoms with E-state index in [4.69, 9.17) is 11.6 Å². The zero-order chi connectivity index (χ0) is 22.2. The SMILES string of the molecule is CC(O)C1C(=O)N(c2ncc(Cl)cc2F)CC(=O)N1Cc1ccc(C(C)(F)F)cc1. The second-order valence-corrected chi connectivity index (χ2v) is 7.61. The molecule has 160 valence electrons. The van der Waals surface area contributed by atoms with Gasteiger partial charge in [0.05, 0.1) is 11.1 Å². The van der Waals surface area contributed by atoms with Crippen LogP contribution in [0.4, 0.5) is 19.0 Å². The van der Waals surface area contributed by atoms with Crippen molar-refractivity contribution in [1.29, 1.82) is 0 Å². The summed E-state index contributed by atoms with van der Waals surface area (Å²) in [6, 6.07) is 5.00. The minimum Gasteiger partial charge on any atom is -0.391 e. The van der Waals surface area contributed by atoms with Crippen LogP contribution in [0.5, 0.6) is 0 Å². The Morgan fingerprint density at radius 2 is 1.93 bits per heavy atom. The van der Waals surface area contributed by atoms with Crippen molar-refractivity contribution in [3.63, 3.8) is 0 Å². The van der Waals surface area contributed by atoms with Gasteiger partial charge >= 0.3 is 0 Å². The van der Waals surface area contributed by atoms with Crippen LogP contribution in [0.1, 0.15) is 25.0 Å². The maximum Gasteiger partial charge on any atom is 0.270 e. The number of alkyl halides is 2. The molecule has 2 atom stereocenters. The Balaban J connectivity index is 1.88. The largest absolute Gasteiger partial charge is 0.391 e. The second kappa shape index (κ2) is 8.23. The molecule has 0 radical (unpaired) electrons. The molecule has 0 aliphatic carbocycles. The number of halogens is 4. The van der Waals surface area contributed by atoms with Crippen molar-refractivity contribution in [3.8, 4) is 0 Å². The van der Waals surface area contributed by atoms with E-state index in [0.717, 1.165) is 29.0 Å². The second-order valence-electron chi connectivity index (χ2n) is 7.18. The Labute approximate surface area is 175 Å². The maximum absolute atomic E-state index is 14.3. The first-order chi connectivity index (χ1) is 14.0. The van der Waals surface area contributed by atoms with Crippen LogP contribution >= 0.6 is 11.6 Å². The molecule has 6 nitrogen and oxygen atoms in total. The first-order valence-corrected chi connectivity index (χ1v) is 9.44. The van der Waals surface area contributed by atoms with E-state index in [0.29, 0.717) is 5.56 Å². The summed E-state index contributed by atoms with van der Waals surface area (Å²) in [5, 5.41) is 10.2. The van der Waals surface area contributed by atoms with Crippen LogP contribution in [0.2, 0.25) is 5.02 Å². The molecule has 2 heterocycles. The molecule has 1 aliphatic heterocycles. The Morgan fingerprint density at radius 1 is 1.30 bits per heavy atom. The number of amides is 2. The summed E-state index contributed by atoms with van der Waals surface area (Å²) in [4.78, 5) is 31.6. The number of carbonyl (C=O) groups is 2. The highest BCUT2D eigenvalue weighted by atomic mass is 35.5. The van der Waals surface area contributed by atoms with Gasteiger partial charge in [-0.25, -0.2) is 18.2 Å². The van der Waals surface area contributed by atoms with Gasteiger partial charge in [0, 0.05) is 25.2 Å². The molecule has 1 aliphatic rings. The van der Waals surface area contributed by atoms with Crippen LogP contribution in [-0.2, 0) is 22.1 Å². The first-order valence-electron chi connectivity index (χ1n) is 9.06. The van der Waals surface area contributed by atoms with Gasteiger partial charge in [0.15, 0.2) is 11.6 Å². The summed E-state index contributed by atoms with van der Waals surface area (Å²) in [6.45, 7) is 1.54. The van der Waals surface area contributed by atoms with E-state index >= 15 is 0 Å². The number of hydrogen-bond donors (Lipinski definition) is 1. The van der Waals surface area contributed by atoms with Crippen molar-refractivity contribution in [2.24, 2.45) is 0 Å². The molecule has 3 rings (SSSR count). The smallest absolute Gasteiger partial charge is 0.270 e. The van der Waals surface area contributed by atoms with Crippen LogP contribution in [0.15, 0.2) is 36.5 Å². The first kappa shape index (κ1) is 22.0. The monoisotopic (exact) mass is 441 g/mol. The molecular formula is C20H19ClF3N3O3. The topological polar surface area (TPSA) is 73.7 Å². The van der Waals surface area contributed by atoms with Crippen LogP contribution in [0.25, 0.3) is 0 Å². The molecule has 30 heavy (non-hydrogen) atoms. The highest BCUT2D eigenvalue weighted by Gasteiger charge is 2.43. The predicted molar refractivity (Wildman–Crippen MR) is 104 cm³/mol. The van der Waals surface area contributed by atoms with E-state index in [2.05, 4.69) is 4.98 Å². The number of benzene rings is 1. The molecular weight excluding hydrogens is 423 g/mol. The highest BCUT2D eigenvalue weighted by molar-refractivity contribution is 6.30. The summed E-state index contributed by atoms with van der Waals surface area (Å²) in [6.07, 6.45) is -0.120. The molecule has 1 saturated heterocycles. The molecule has 1 aromatic carbocycles. The number of pyridine rings is 1. The van der Waals surface area contributed by atoms with E-state index in [9.17, 15) is 27.9 Å². The number of carbonyl (C=O) groups excluding carboxylic acids is 2. The van der Waals surface area contributed by atoms with E-state index in [1.165, 1.54) is 31.2 Å². The third kappa shape index (κ3) is 4.41. The Morgan fingerprint density at radius 3 is 2.47 bits per heavy atom. The van der Waals surface area contributed by atoms with E-state index in [-0.39, 0.29) is 22.9 Å². The van der Waals surface area contributed by atoms with Crippen LogP contribution in [0.3, 0.4) is 0 Å². The van der Waals surface area contributed by atoms with Crippen molar-refractivity contribution in [2.45, 2.75) is 38.5 Å². The quantitative estimate of drug-likeness (QED) is 0.773. The van der Waals surface area contributed by atoms with Gasteiger partial charge in [-0.1, -0.05) is 35.9 Å². The molecule has 1 fully saturated rings. The fraction of sp³-hybridized carbons (Fsp3) is 0.350. The number of rotatable bonds is 5. The molecule has 10 heteroatoms. The number of aliphatic hydroxyl groups is 1. The Hall–Kier alpha value is -2.65. The van der Waals surface area contributed by atoms with Gasteiger partial charge in [-0.2, -0.15) is 0 Å². The molecule has 2 unspecified atom stereocenters. The fourth-order valence-corrected chi connectivity index (χ4v) is 3.43. The number of nitrogens with zero attached hydrogens (tertiary/aromatic N) is 3. The van der Waals surface area contributed by atoms with E-state index < -0.39 is 42.2 Å². The molecule has 0 saturated carbocycles. The van der Waals surface area contributed by atoms with Gasteiger partial charge in [0.2, 0.25) is 5.91 Å². The zero-order valence-electron chi connectivity index (χ0n) is 16.2. The van der Waals surface area contributed by atoms with Crippen molar-refractivity contribution in [2.75, 3.05) is 11.4 Å². The van der Waals surface area contributed by atoms with Crippen LogP contribution in [0, 0.1) is 5.82 Å². The molecule has 1 N–H and O–H groups in total. The van der Waals surface area contributed by atoms with Gasteiger partial charge < -0.3 is 10.0 Å². The fourth-order valence-electron chi connectivity index (χ4n) is 3.29. The van der Waals surface area contributed by atoms with Gasteiger partial charge in [-0.15, -0.1) is 0 Å². The third-order valence-electron chi connectivity index (χ3n) is 4.78. The standard InChI is InChI=1S/C20H19ClF3N3O3/c1-11(28)17-19(30)27(18-15(22)7-14(21)8-25-18)10-16(29)26(17)9-12-3-5-13(6-4-12)20(2,23)24/h3-8,11,17,28H,9-10H2,1-2H3. The lowest BCUT2D eigenvalue weighted by molar-refractivity contribution is -0.148. The number of aliphatic hydroxyl groups excluding tert-OH is 1. The lowest BCUT2D eigenvalue weighted by Gasteiger charge is -2.41. The van der Waals surface area contributed by atoms with E-state index in [1.54, 1.807) is 0 Å². The Bertz CT molecular complexity index is 964. The average molecular weight is 442 g/mol. The molecule has 2 amide bonds. The average Bonchev–Trinajstić information content (AvgIpc) is 2.64. The molecule has 0 bridgehead atoms. The zero-order valence-corrected chi connectivity index (χ0v) is 16.9. The van der Waals surface area contributed by atoms with Crippen LogP contribution < -0.4 is 4.90 Å². The third-order valence-corrected chi connectivity index (χ3v) is 4.99. The lowest BCUT2D eigenvalue weighted by Crippen LogP contribution is -2.63. The summed E-state index contributed by atoms with van der Waals surface area (Å²) in [5.74, 6) is -5.51. The summed E-state index contributed by atoms with van der Waals surface area (Å²) >= 11 is 5.68. The lowest BCUT2D eigenvalue weighted by atomic mass is 10.0. The highest BCUT2D eigenvalue weighted by Crippen LogP contribution is 2.29. The van der Waals surface area contributed by atoms with Crippen LogP contribution in [-0.4, -0.2) is 45.5 Å². The predicted octanol–water partition coefficient (Wildman–Crippen LogP) is 3.11. The van der Waals surface area contributed by atoms with Crippen molar-refractivity contribution < 1.29 is 27.9 Å². The van der Waals surface area contributed by atoms with Crippen molar-refractivity contribution >= 4 is 29.2 Å². The van der Waals surface area contributed by atoms with Gasteiger partial charge in [0.25, 0.3) is 11.8 Å². The molecule has 0 spiro atoms. The minimum atomic E-state index is -3.01. The van der Waals surface area contributed by atoms with Crippen molar-refractivity contribution in [3.05, 3.63) is 58.5 Å². The number of piperazine rings is 1. The molecule has 1 aromatic heterocycles. The van der Waals surface area contributed by atoms with Crippen molar-refractivity contribution in [1.82, 2.24) is 9.88 Å². The van der Waals surface area contributed by atoms with Gasteiger partial charge in [0.1, 0.15) is 12.6 Å². The summed E-state index contributed by atoms with van der Waals surface area (Å²) in [7, 11) is 0. The summed E-state index contributed by atoms with van der Waals surface area (Å²) in [5.41, 5.74) is 0.314. The van der Waals surface area contributed by atoms with Gasteiger partial charge in [-0.05, 0) is 18.6 Å². The number of hydrogen-bond acceptors (Lipinski definition) is 4. The normalized spacial score (nSPS) is 18.7. The number of aromatic nitrogens is 1. The van der Waals surface area contributed by atoms with E-state index in [1.807, 2.05) is 0 Å². The minimum absolute atomic E-state index is 0.0295. The molecule has 2 aromatic rings. The van der Waals surface area contributed by atoms with Gasteiger partial charge in [-0.3, -0.25) is 14.5 Å². The number of anilines is 1. The maximum atomic E-state index is 14.3.